The number of esters is 1. The van der Waals surface area contributed by atoms with E-state index in [9.17, 15) is 9.59 Å². The van der Waals surface area contributed by atoms with Gasteiger partial charge in [0.05, 0.1) is 14.2 Å². The van der Waals surface area contributed by atoms with Gasteiger partial charge in [0.15, 0.2) is 6.10 Å². The van der Waals surface area contributed by atoms with Crippen molar-refractivity contribution in [2.45, 2.75) is 38.8 Å². The summed E-state index contributed by atoms with van der Waals surface area (Å²) in [5.41, 5.74) is 0.842. The Morgan fingerprint density at radius 1 is 1.25 bits per heavy atom. The number of methoxy groups -OCH3 is 2. The molecule has 130 valence electrons. The molecular formula is C18H23NO5. The summed E-state index contributed by atoms with van der Waals surface area (Å²) in [6.45, 7) is 2.39. The van der Waals surface area contributed by atoms with Gasteiger partial charge >= 0.3 is 5.97 Å². The van der Waals surface area contributed by atoms with Gasteiger partial charge in [0, 0.05) is 12.6 Å². The molecule has 2 fully saturated rings. The van der Waals surface area contributed by atoms with Crippen LogP contribution in [0.2, 0.25) is 0 Å². The van der Waals surface area contributed by atoms with Gasteiger partial charge in [-0.25, -0.2) is 0 Å². The maximum Gasteiger partial charge on any atom is 0.314 e. The first-order valence-corrected chi connectivity index (χ1v) is 8.23. The van der Waals surface area contributed by atoms with E-state index in [1.165, 1.54) is 0 Å². The van der Waals surface area contributed by atoms with Gasteiger partial charge in [0.2, 0.25) is 0 Å². The fourth-order valence-electron chi connectivity index (χ4n) is 3.40. The molecule has 1 amide bonds. The Kier molecular flexibility index (Phi) is 4.39. The summed E-state index contributed by atoms with van der Waals surface area (Å²) in [5, 5.41) is 2.85. The highest BCUT2D eigenvalue weighted by molar-refractivity contribution is 5.94. The monoisotopic (exact) mass is 333 g/mol. The minimum atomic E-state index is -0.660. The van der Waals surface area contributed by atoms with Crippen molar-refractivity contribution in [3.8, 4) is 11.5 Å². The lowest BCUT2D eigenvalue weighted by Gasteiger charge is -2.39. The molecular weight excluding hydrogens is 310 g/mol. The fraction of sp³-hybridized carbons (Fsp3) is 0.556. The number of carbonyl (C=O) groups excluding carboxylic acids is 2. The zero-order chi connectivity index (χ0) is 17.3. The van der Waals surface area contributed by atoms with E-state index in [4.69, 9.17) is 14.2 Å². The highest BCUT2D eigenvalue weighted by Crippen LogP contribution is 2.59. The van der Waals surface area contributed by atoms with E-state index in [0.717, 1.165) is 24.8 Å². The summed E-state index contributed by atoms with van der Waals surface area (Å²) >= 11 is 0. The van der Waals surface area contributed by atoms with Crippen molar-refractivity contribution in [1.82, 2.24) is 5.32 Å². The number of carbonyl (C=O) groups is 2. The van der Waals surface area contributed by atoms with Gasteiger partial charge < -0.3 is 19.5 Å². The van der Waals surface area contributed by atoms with Crippen molar-refractivity contribution < 1.29 is 23.8 Å². The van der Waals surface area contributed by atoms with Gasteiger partial charge in [-0.15, -0.1) is 0 Å². The molecule has 1 aromatic carbocycles. The third-order valence-corrected chi connectivity index (χ3v) is 5.19. The summed E-state index contributed by atoms with van der Waals surface area (Å²) in [6.07, 6.45) is 2.25. The third-order valence-electron chi connectivity index (χ3n) is 5.19. The molecule has 1 aliphatic carbocycles. The zero-order valence-corrected chi connectivity index (χ0v) is 14.3. The average molecular weight is 333 g/mol. The number of benzene rings is 1. The zero-order valence-electron chi connectivity index (χ0n) is 14.3. The lowest BCUT2D eigenvalue weighted by molar-refractivity contribution is -0.195. The van der Waals surface area contributed by atoms with Crippen LogP contribution in [-0.2, 0) is 20.9 Å². The molecule has 0 aromatic heterocycles. The van der Waals surface area contributed by atoms with Gasteiger partial charge in [-0.3, -0.25) is 9.59 Å². The Balaban J connectivity index is 1.63. The molecule has 6 nitrogen and oxygen atoms in total. The minimum Gasteiger partial charge on any atom is -0.497 e. The molecule has 0 bridgehead atoms. The third kappa shape index (κ3) is 2.92. The first-order chi connectivity index (χ1) is 11.5. The quantitative estimate of drug-likeness (QED) is 0.773. The molecule has 0 radical (unpaired) electrons. The van der Waals surface area contributed by atoms with E-state index in [-0.39, 0.29) is 23.2 Å². The van der Waals surface area contributed by atoms with Crippen LogP contribution >= 0.6 is 0 Å². The number of rotatable bonds is 7. The molecule has 0 spiro atoms. The maximum absolute atomic E-state index is 12.4. The molecule has 24 heavy (non-hydrogen) atoms. The van der Waals surface area contributed by atoms with E-state index < -0.39 is 6.10 Å². The lowest BCUT2D eigenvalue weighted by Crippen LogP contribution is -2.57. The van der Waals surface area contributed by atoms with Crippen LogP contribution in [0, 0.1) is 11.3 Å². The molecule has 2 atom stereocenters. The molecule has 1 aliphatic heterocycles. The summed E-state index contributed by atoms with van der Waals surface area (Å²) in [4.78, 5) is 24.2. The van der Waals surface area contributed by atoms with Crippen LogP contribution in [0.1, 0.15) is 31.7 Å². The molecule has 1 saturated carbocycles. The Morgan fingerprint density at radius 3 is 2.33 bits per heavy atom. The van der Waals surface area contributed by atoms with E-state index in [0.29, 0.717) is 18.0 Å². The summed E-state index contributed by atoms with van der Waals surface area (Å²) < 4.78 is 15.6. The van der Waals surface area contributed by atoms with E-state index in [1.54, 1.807) is 20.3 Å². The number of cyclic esters (lactones) is 1. The van der Waals surface area contributed by atoms with Gasteiger partial charge in [-0.2, -0.15) is 0 Å². The first-order valence-electron chi connectivity index (χ1n) is 8.23. The van der Waals surface area contributed by atoms with Crippen LogP contribution in [-0.4, -0.2) is 32.2 Å². The van der Waals surface area contributed by atoms with Gasteiger partial charge in [0.25, 0.3) is 5.91 Å². The first kappa shape index (κ1) is 16.6. The summed E-state index contributed by atoms with van der Waals surface area (Å²) in [5.74, 6) is 0.560. The Labute approximate surface area is 141 Å². The lowest BCUT2D eigenvalue weighted by atomic mass is 9.78. The van der Waals surface area contributed by atoms with Crippen molar-refractivity contribution in [2.75, 3.05) is 14.2 Å². The van der Waals surface area contributed by atoms with E-state index in [1.807, 2.05) is 12.1 Å². The van der Waals surface area contributed by atoms with Crippen molar-refractivity contribution in [3.05, 3.63) is 23.8 Å². The number of nitrogens with one attached hydrogen (secondary N) is 1. The average Bonchev–Trinajstić information content (AvgIpc) is 3.37. The molecule has 0 unspecified atom stereocenters. The smallest absolute Gasteiger partial charge is 0.314 e. The number of ether oxygens (including phenoxy) is 3. The van der Waals surface area contributed by atoms with Gasteiger partial charge in [0.1, 0.15) is 17.4 Å². The molecule has 2 aliphatic rings. The second-order valence-corrected chi connectivity index (χ2v) is 6.49. The molecule has 1 aromatic rings. The van der Waals surface area contributed by atoms with Gasteiger partial charge in [-0.1, -0.05) is 6.92 Å². The number of hydrogen-bond donors (Lipinski definition) is 1. The second-order valence-electron chi connectivity index (χ2n) is 6.49. The number of hydrogen-bond acceptors (Lipinski definition) is 5. The maximum atomic E-state index is 12.4. The second kappa shape index (κ2) is 6.34. The SMILES string of the molecule is CCC1([C@@H]2C(=O)O[C@H]2C(=O)NCc2cc(OC)cc(OC)c2)CC1. The highest BCUT2D eigenvalue weighted by Gasteiger charge is 2.62. The molecule has 1 heterocycles. The van der Waals surface area contributed by atoms with E-state index in [2.05, 4.69) is 12.2 Å². The topological polar surface area (TPSA) is 73.9 Å². The fourth-order valence-corrected chi connectivity index (χ4v) is 3.40. The predicted octanol–water partition coefficient (Wildman–Crippen LogP) is 2.05. The molecule has 1 saturated heterocycles. The molecule has 3 rings (SSSR count). The minimum absolute atomic E-state index is 0.0173. The summed E-state index contributed by atoms with van der Waals surface area (Å²) in [7, 11) is 3.16. The van der Waals surface area contributed by atoms with Crippen LogP contribution in [0.4, 0.5) is 0 Å². The standard InChI is InChI=1S/C18H23NO5/c1-4-18(5-6-18)14-15(24-17(14)21)16(20)19-10-11-7-12(22-2)9-13(8-11)23-3/h7-9,14-15H,4-6,10H2,1-3H3,(H,19,20)/t14-,15+/m0/s1. The molecule has 6 heteroatoms. The van der Waals surface area contributed by atoms with E-state index >= 15 is 0 Å². The molecule has 1 N–H and O–H groups in total. The van der Waals surface area contributed by atoms with Gasteiger partial charge in [-0.05, 0) is 42.4 Å². The largest absolute Gasteiger partial charge is 0.497 e. The van der Waals surface area contributed by atoms with Crippen LogP contribution in [0.15, 0.2) is 18.2 Å². The normalized spacial score (nSPS) is 23.7. The van der Waals surface area contributed by atoms with Crippen molar-refractivity contribution in [2.24, 2.45) is 11.3 Å². The van der Waals surface area contributed by atoms with Crippen LogP contribution in [0.25, 0.3) is 0 Å². The Hall–Kier alpha value is -2.24. The van der Waals surface area contributed by atoms with Crippen LogP contribution in [0.5, 0.6) is 11.5 Å². The highest BCUT2D eigenvalue weighted by atomic mass is 16.6. The summed E-state index contributed by atoms with van der Waals surface area (Å²) in [6, 6.07) is 5.44. The van der Waals surface area contributed by atoms with Crippen LogP contribution < -0.4 is 14.8 Å². The Morgan fingerprint density at radius 2 is 1.88 bits per heavy atom. The van der Waals surface area contributed by atoms with Crippen molar-refractivity contribution in [1.29, 1.82) is 0 Å². The van der Waals surface area contributed by atoms with Crippen molar-refractivity contribution >= 4 is 11.9 Å². The number of amides is 1. The predicted molar refractivity (Wildman–Crippen MR) is 86.7 cm³/mol. The van der Waals surface area contributed by atoms with Crippen LogP contribution in [0.3, 0.4) is 0 Å². The Bertz CT molecular complexity index is 631. The van der Waals surface area contributed by atoms with Crippen molar-refractivity contribution in [3.63, 3.8) is 0 Å².